The molecule has 118 valence electrons. The maximum absolute atomic E-state index is 10.9. The van der Waals surface area contributed by atoms with Crippen molar-refractivity contribution in [3.8, 4) is 5.75 Å². The van der Waals surface area contributed by atoms with Crippen molar-refractivity contribution in [2.45, 2.75) is 43.8 Å². The normalized spacial score (nSPS) is 19.2. The fourth-order valence-corrected chi connectivity index (χ4v) is 3.10. The van der Waals surface area contributed by atoms with Gasteiger partial charge in [-0.05, 0) is 18.9 Å². The first kappa shape index (κ1) is 16.3. The Labute approximate surface area is 127 Å². The van der Waals surface area contributed by atoms with Crippen LogP contribution in [0.3, 0.4) is 0 Å². The predicted molar refractivity (Wildman–Crippen MR) is 81.6 cm³/mol. The summed E-state index contributed by atoms with van der Waals surface area (Å²) in [7, 11) is 3.34. The van der Waals surface area contributed by atoms with Crippen LogP contribution in [0.2, 0.25) is 0 Å². The largest absolute Gasteiger partial charge is 0.491 e. The monoisotopic (exact) mass is 294 g/mol. The second-order valence-corrected chi connectivity index (χ2v) is 5.61. The van der Waals surface area contributed by atoms with Gasteiger partial charge >= 0.3 is 0 Å². The van der Waals surface area contributed by atoms with E-state index in [0.717, 1.165) is 31.2 Å². The number of aliphatic hydroxyl groups is 1. The molecule has 0 bridgehead atoms. The predicted octanol–water partition coefficient (Wildman–Crippen LogP) is 3.09. The van der Waals surface area contributed by atoms with Crippen molar-refractivity contribution in [2.75, 3.05) is 27.4 Å². The first-order chi connectivity index (χ1) is 10.2. The number of hydrogen-bond donors (Lipinski definition) is 1. The summed E-state index contributed by atoms with van der Waals surface area (Å²) in [5, 5.41) is 10.9. The minimum Gasteiger partial charge on any atom is -0.491 e. The van der Waals surface area contributed by atoms with Gasteiger partial charge in [-0.3, -0.25) is 0 Å². The highest BCUT2D eigenvalue weighted by molar-refractivity contribution is 5.36. The molecule has 1 atom stereocenters. The van der Waals surface area contributed by atoms with Crippen LogP contribution in [-0.4, -0.2) is 38.1 Å². The summed E-state index contributed by atoms with van der Waals surface area (Å²) in [6.45, 7) is 1.00. The van der Waals surface area contributed by atoms with E-state index in [2.05, 4.69) is 0 Å². The zero-order valence-electron chi connectivity index (χ0n) is 13.0. The Hall–Kier alpha value is -1.10. The molecule has 1 aliphatic rings. The number of aliphatic hydroxyl groups excluding tert-OH is 1. The van der Waals surface area contributed by atoms with E-state index >= 15 is 0 Å². The molecule has 1 aromatic rings. The van der Waals surface area contributed by atoms with E-state index in [1.54, 1.807) is 14.2 Å². The number of para-hydroxylation sites is 1. The first-order valence-electron chi connectivity index (χ1n) is 7.67. The summed E-state index contributed by atoms with van der Waals surface area (Å²) in [6, 6.07) is 7.65. The summed E-state index contributed by atoms with van der Waals surface area (Å²) in [5.74, 6) is 0.712. The van der Waals surface area contributed by atoms with Crippen molar-refractivity contribution in [3.63, 3.8) is 0 Å². The molecule has 0 heterocycles. The van der Waals surface area contributed by atoms with Gasteiger partial charge in [0.2, 0.25) is 0 Å². The zero-order valence-corrected chi connectivity index (χ0v) is 13.0. The smallest absolute Gasteiger partial charge is 0.125 e. The summed E-state index contributed by atoms with van der Waals surface area (Å²) in [5.41, 5.74) is 0.316. The van der Waals surface area contributed by atoms with E-state index in [0.29, 0.717) is 19.0 Å². The average Bonchev–Trinajstić information content (AvgIpc) is 2.55. The molecule has 1 N–H and O–H groups in total. The Kier molecular flexibility index (Phi) is 6.03. The molecule has 0 spiro atoms. The van der Waals surface area contributed by atoms with Crippen molar-refractivity contribution in [2.24, 2.45) is 0 Å². The van der Waals surface area contributed by atoms with Gasteiger partial charge in [0.25, 0.3) is 0 Å². The van der Waals surface area contributed by atoms with Gasteiger partial charge in [0, 0.05) is 19.8 Å². The van der Waals surface area contributed by atoms with Crippen molar-refractivity contribution in [1.82, 2.24) is 0 Å². The van der Waals surface area contributed by atoms with Gasteiger partial charge in [-0.1, -0.05) is 37.5 Å². The van der Waals surface area contributed by atoms with Crippen LogP contribution < -0.4 is 4.74 Å². The van der Waals surface area contributed by atoms with Gasteiger partial charge in [0.15, 0.2) is 0 Å². The molecule has 4 nitrogen and oxygen atoms in total. The van der Waals surface area contributed by atoms with Crippen LogP contribution >= 0.6 is 0 Å². The molecule has 1 unspecified atom stereocenters. The molecule has 21 heavy (non-hydrogen) atoms. The summed E-state index contributed by atoms with van der Waals surface area (Å²) in [6.07, 6.45) is 4.51. The third kappa shape index (κ3) is 3.76. The highest BCUT2D eigenvalue weighted by atomic mass is 16.5. The minimum atomic E-state index is -0.665. The third-order valence-corrected chi connectivity index (χ3v) is 4.36. The molecule has 4 heteroatoms. The van der Waals surface area contributed by atoms with Gasteiger partial charge in [0.1, 0.15) is 18.5 Å². The van der Waals surface area contributed by atoms with E-state index in [1.807, 2.05) is 24.3 Å². The van der Waals surface area contributed by atoms with Crippen molar-refractivity contribution in [3.05, 3.63) is 29.8 Å². The first-order valence-corrected chi connectivity index (χ1v) is 7.67. The number of methoxy groups -OCH3 is 2. The second-order valence-electron chi connectivity index (χ2n) is 5.61. The molecule has 0 saturated heterocycles. The maximum atomic E-state index is 10.9. The van der Waals surface area contributed by atoms with Crippen LogP contribution in [0, 0.1) is 0 Å². The van der Waals surface area contributed by atoms with Crippen LogP contribution in [0.15, 0.2) is 24.3 Å². The molecule has 1 fully saturated rings. The maximum Gasteiger partial charge on any atom is 0.125 e. The lowest BCUT2D eigenvalue weighted by Crippen LogP contribution is -2.40. The van der Waals surface area contributed by atoms with Gasteiger partial charge < -0.3 is 19.3 Å². The molecular weight excluding hydrogens is 268 g/mol. The molecular formula is C17H26O4. The minimum absolute atomic E-state index is 0.472. The summed E-state index contributed by atoms with van der Waals surface area (Å²) >= 11 is 0. The average molecular weight is 294 g/mol. The van der Waals surface area contributed by atoms with Gasteiger partial charge in [-0.15, -0.1) is 0 Å². The highest BCUT2D eigenvalue weighted by Gasteiger charge is 2.41. The van der Waals surface area contributed by atoms with Crippen molar-refractivity contribution in [1.29, 1.82) is 0 Å². The molecule has 0 aliphatic heterocycles. The summed E-state index contributed by atoms with van der Waals surface area (Å²) in [4.78, 5) is 0. The Bertz CT molecular complexity index is 427. The number of rotatable bonds is 7. The van der Waals surface area contributed by atoms with Crippen molar-refractivity contribution >= 4 is 0 Å². The van der Waals surface area contributed by atoms with E-state index in [1.165, 1.54) is 6.42 Å². The van der Waals surface area contributed by atoms with E-state index in [4.69, 9.17) is 14.2 Å². The second kappa shape index (κ2) is 7.78. The highest BCUT2D eigenvalue weighted by Crippen LogP contribution is 2.43. The lowest BCUT2D eigenvalue weighted by molar-refractivity contribution is -0.125. The standard InChI is InChI=1S/C17H26O4/c1-19-12-13-21-15-9-5-4-8-14(15)16(18)17(20-2)10-6-3-7-11-17/h4-5,8-9,16,18H,3,6-7,10-13H2,1-2H3. The quantitative estimate of drug-likeness (QED) is 0.785. The molecule has 0 aromatic heterocycles. The molecule has 1 saturated carbocycles. The Balaban J connectivity index is 2.18. The molecule has 0 radical (unpaired) electrons. The van der Waals surface area contributed by atoms with Gasteiger partial charge in [0.05, 0.1) is 12.2 Å². The van der Waals surface area contributed by atoms with E-state index in [-0.39, 0.29) is 0 Å². The summed E-state index contributed by atoms with van der Waals surface area (Å²) < 4.78 is 16.5. The Morgan fingerprint density at radius 2 is 1.81 bits per heavy atom. The van der Waals surface area contributed by atoms with Gasteiger partial charge in [-0.25, -0.2) is 0 Å². The molecule has 2 rings (SSSR count). The van der Waals surface area contributed by atoms with Crippen molar-refractivity contribution < 1.29 is 19.3 Å². The molecule has 0 amide bonds. The fourth-order valence-electron chi connectivity index (χ4n) is 3.10. The number of hydrogen-bond acceptors (Lipinski definition) is 4. The number of benzene rings is 1. The van der Waals surface area contributed by atoms with E-state index in [9.17, 15) is 5.11 Å². The van der Waals surface area contributed by atoms with Crippen LogP contribution in [0.5, 0.6) is 5.75 Å². The van der Waals surface area contributed by atoms with Crippen LogP contribution in [0.25, 0.3) is 0 Å². The van der Waals surface area contributed by atoms with E-state index < -0.39 is 11.7 Å². The zero-order chi connectivity index (χ0) is 15.1. The Morgan fingerprint density at radius 1 is 1.10 bits per heavy atom. The lowest BCUT2D eigenvalue weighted by atomic mass is 9.78. The topological polar surface area (TPSA) is 47.9 Å². The van der Waals surface area contributed by atoms with Crippen LogP contribution in [0.4, 0.5) is 0 Å². The fraction of sp³-hybridized carbons (Fsp3) is 0.647. The lowest BCUT2D eigenvalue weighted by Gasteiger charge is -2.40. The SMILES string of the molecule is COCCOc1ccccc1C(O)C1(OC)CCCCC1. The Morgan fingerprint density at radius 3 is 2.48 bits per heavy atom. The molecule has 1 aliphatic carbocycles. The third-order valence-electron chi connectivity index (χ3n) is 4.36. The van der Waals surface area contributed by atoms with Crippen LogP contribution in [-0.2, 0) is 9.47 Å². The van der Waals surface area contributed by atoms with Gasteiger partial charge in [-0.2, -0.15) is 0 Å². The number of ether oxygens (including phenoxy) is 3. The van der Waals surface area contributed by atoms with Crippen LogP contribution in [0.1, 0.15) is 43.8 Å². The molecule has 1 aromatic carbocycles.